The second-order valence-corrected chi connectivity index (χ2v) is 5.65. The summed E-state index contributed by atoms with van der Waals surface area (Å²) in [6, 6.07) is 1.47. The summed E-state index contributed by atoms with van der Waals surface area (Å²) >= 11 is 1.57. The highest BCUT2D eigenvalue weighted by atomic mass is 32.1. The molecule has 1 atom stereocenters. The molecule has 0 saturated carbocycles. The maximum absolute atomic E-state index is 11.5. The Hall–Kier alpha value is -1.69. The molecule has 2 aromatic heterocycles. The predicted octanol–water partition coefficient (Wildman–Crippen LogP) is 2.52. The van der Waals surface area contributed by atoms with Crippen LogP contribution in [0.5, 0.6) is 0 Å². The van der Waals surface area contributed by atoms with Gasteiger partial charge in [0.25, 0.3) is 0 Å². The first-order valence-corrected chi connectivity index (χ1v) is 7.33. The van der Waals surface area contributed by atoms with Crippen LogP contribution in [0.3, 0.4) is 0 Å². The maximum Gasteiger partial charge on any atom is 0.326 e. The van der Waals surface area contributed by atoms with Gasteiger partial charge in [-0.25, -0.2) is 14.8 Å². The number of thiophene rings is 1. The average molecular weight is 277 g/mol. The van der Waals surface area contributed by atoms with Gasteiger partial charge in [0, 0.05) is 6.54 Å². The number of aromatic nitrogens is 2. The Morgan fingerprint density at radius 3 is 3.11 bits per heavy atom. The Balaban J connectivity index is 2.06. The number of carboxylic acid groups (broad SMARTS) is 1. The minimum atomic E-state index is -0.759. The first-order chi connectivity index (χ1) is 9.27. The number of fused-ring (bicyclic) bond motifs is 1. The Morgan fingerprint density at radius 2 is 2.26 bits per heavy atom. The Kier molecular flexibility index (Phi) is 3.33. The molecule has 1 aliphatic rings. The fraction of sp³-hybridized carbons (Fsp3) is 0.462. The molecule has 0 radical (unpaired) electrons. The summed E-state index contributed by atoms with van der Waals surface area (Å²) in [4.78, 5) is 22.0. The van der Waals surface area contributed by atoms with E-state index in [2.05, 4.69) is 9.97 Å². The quantitative estimate of drug-likeness (QED) is 0.913. The molecule has 0 aromatic carbocycles. The molecular formula is C13H15N3O2S. The Morgan fingerprint density at radius 1 is 1.37 bits per heavy atom. The van der Waals surface area contributed by atoms with Gasteiger partial charge in [-0.2, -0.15) is 0 Å². The smallest absolute Gasteiger partial charge is 0.326 e. The number of hydrogen-bond donors (Lipinski definition) is 1. The van der Waals surface area contributed by atoms with E-state index >= 15 is 0 Å². The van der Waals surface area contributed by atoms with Crippen molar-refractivity contribution in [1.29, 1.82) is 0 Å². The zero-order valence-corrected chi connectivity index (χ0v) is 11.3. The summed E-state index contributed by atoms with van der Waals surface area (Å²) in [6.45, 7) is 0.751. The fourth-order valence-electron chi connectivity index (χ4n) is 2.60. The van der Waals surface area contributed by atoms with Gasteiger partial charge in [0.15, 0.2) is 5.82 Å². The highest BCUT2D eigenvalue weighted by Gasteiger charge is 2.29. The van der Waals surface area contributed by atoms with E-state index in [4.69, 9.17) is 0 Å². The molecule has 3 heterocycles. The summed E-state index contributed by atoms with van der Waals surface area (Å²) < 4.78 is 0.982. The standard InChI is InChI=1S/C13H15N3O2S/c17-13(18)10-4-2-1-3-6-16(10)12-11-9(5-7-19-11)14-8-15-12/h5,7-8,10H,1-4,6H2,(H,17,18). The molecule has 19 heavy (non-hydrogen) atoms. The minimum Gasteiger partial charge on any atom is -0.480 e. The monoisotopic (exact) mass is 277 g/mol. The zero-order chi connectivity index (χ0) is 13.2. The molecule has 3 rings (SSSR count). The summed E-state index contributed by atoms with van der Waals surface area (Å²) in [7, 11) is 0. The average Bonchev–Trinajstić information content (AvgIpc) is 2.74. The minimum absolute atomic E-state index is 0.470. The van der Waals surface area contributed by atoms with Crippen molar-refractivity contribution in [2.45, 2.75) is 31.7 Å². The van der Waals surface area contributed by atoms with E-state index in [1.807, 2.05) is 16.3 Å². The van der Waals surface area contributed by atoms with Gasteiger partial charge in [-0.05, 0) is 24.3 Å². The van der Waals surface area contributed by atoms with Crippen molar-refractivity contribution in [3.05, 3.63) is 17.8 Å². The molecule has 5 nitrogen and oxygen atoms in total. The van der Waals surface area contributed by atoms with Crippen molar-refractivity contribution in [2.24, 2.45) is 0 Å². The van der Waals surface area contributed by atoms with Crippen LogP contribution in [0.15, 0.2) is 17.8 Å². The number of aliphatic carboxylic acids is 1. The molecule has 1 aliphatic heterocycles. The molecule has 1 saturated heterocycles. The first kappa shape index (κ1) is 12.3. The fourth-order valence-corrected chi connectivity index (χ4v) is 3.45. The highest BCUT2D eigenvalue weighted by molar-refractivity contribution is 7.17. The molecule has 1 unspecified atom stereocenters. The van der Waals surface area contributed by atoms with Crippen molar-refractivity contribution in [3.63, 3.8) is 0 Å². The second-order valence-electron chi connectivity index (χ2n) is 4.73. The van der Waals surface area contributed by atoms with E-state index in [1.165, 1.54) is 6.33 Å². The van der Waals surface area contributed by atoms with Crippen molar-refractivity contribution in [3.8, 4) is 0 Å². The van der Waals surface area contributed by atoms with Crippen molar-refractivity contribution in [1.82, 2.24) is 9.97 Å². The molecule has 0 aliphatic carbocycles. The lowest BCUT2D eigenvalue weighted by Gasteiger charge is -2.28. The highest BCUT2D eigenvalue weighted by Crippen LogP contribution is 2.31. The van der Waals surface area contributed by atoms with Crippen LogP contribution in [0.2, 0.25) is 0 Å². The summed E-state index contributed by atoms with van der Waals surface area (Å²) in [5.41, 5.74) is 0.892. The van der Waals surface area contributed by atoms with Crippen LogP contribution in [-0.2, 0) is 4.79 Å². The van der Waals surface area contributed by atoms with Gasteiger partial charge in [0.2, 0.25) is 0 Å². The van der Waals surface area contributed by atoms with Gasteiger partial charge in [-0.3, -0.25) is 0 Å². The molecule has 0 spiro atoms. The lowest BCUT2D eigenvalue weighted by atomic mass is 10.1. The van der Waals surface area contributed by atoms with Crippen LogP contribution >= 0.6 is 11.3 Å². The molecular weight excluding hydrogens is 262 g/mol. The van der Waals surface area contributed by atoms with E-state index < -0.39 is 12.0 Å². The second kappa shape index (κ2) is 5.13. The maximum atomic E-state index is 11.5. The lowest BCUT2D eigenvalue weighted by Crippen LogP contribution is -2.41. The van der Waals surface area contributed by atoms with Gasteiger partial charge in [0.1, 0.15) is 12.4 Å². The molecule has 2 aromatic rings. The van der Waals surface area contributed by atoms with Crippen LogP contribution in [0, 0.1) is 0 Å². The van der Waals surface area contributed by atoms with E-state index in [9.17, 15) is 9.90 Å². The van der Waals surface area contributed by atoms with Gasteiger partial charge >= 0.3 is 5.97 Å². The third kappa shape index (κ3) is 2.28. The lowest BCUT2D eigenvalue weighted by molar-refractivity contribution is -0.138. The number of carboxylic acids is 1. The van der Waals surface area contributed by atoms with Crippen molar-refractivity contribution >= 4 is 33.3 Å². The Labute approximate surface area is 114 Å². The van der Waals surface area contributed by atoms with Crippen molar-refractivity contribution < 1.29 is 9.90 Å². The number of carbonyl (C=O) groups is 1. The van der Waals surface area contributed by atoms with Gasteiger partial charge < -0.3 is 10.0 Å². The van der Waals surface area contributed by atoms with Crippen LogP contribution in [0.25, 0.3) is 10.2 Å². The SMILES string of the molecule is O=C(O)C1CCCCCN1c1ncnc2ccsc12. The third-order valence-electron chi connectivity index (χ3n) is 3.53. The van der Waals surface area contributed by atoms with Crippen molar-refractivity contribution in [2.75, 3.05) is 11.4 Å². The Bertz CT molecular complexity index is 598. The molecule has 1 N–H and O–H groups in total. The molecule has 0 bridgehead atoms. The van der Waals surface area contributed by atoms with E-state index in [0.717, 1.165) is 41.8 Å². The van der Waals surface area contributed by atoms with Gasteiger partial charge in [-0.1, -0.05) is 12.8 Å². The van der Waals surface area contributed by atoms with Gasteiger partial charge in [-0.15, -0.1) is 11.3 Å². The van der Waals surface area contributed by atoms with E-state index in [1.54, 1.807) is 11.3 Å². The van der Waals surface area contributed by atoms with E-state index in [0.29, 0.717) is 6.42 Å². The summed E-state index contributed by atoms with van der Waals surface area (Å²) in [6.07, 6.45) is 5.27. The van der Waals surface area contributed by atoms with Crippen LogP contribution in [-0.4, -0.2) is 33.6 Å². The number of nitrogens with zero attached hydrogens (tertiary/aromatic N) is 3. The molecule has 100 valence electrons. The molecule has 1 fully saturated rings. The third-order valence-corrected chi connectivity index (χ3v) is 4.43. The van der Waals surface area contributed by atoms with Crippen LogP contribution in [0.4, 0.5) is 5.82 Å². The van der Waals surface area contributed by atoms with E-state index in [-0.39, 0.29) is 0 Å². The number of hydrogen-bond acceptors (Lipinski definition) is 5. The topological polar surface area (TPSA) is 66.3 Å². The summed E-state index contributed by atoms with van der Waals surface area (Å²) in [5.74, 6) is 0.0134. The van der Waals surface area contributed by atoms with Crippen LogP contribution in [0.1, 0.15) is 25.7 Å². The predicted molar refractivity (Wildman–Crippen MR) is 74.7 cm³/mol. The normalized spacial score (nSPS) is 20.4. The number of anilines is 1. The summed E-state index contributed by atoms with van der Waals surface area (Å²) in [5, 5.41) is 11.4. The zero-order valence-electron chi connectivity index (χ0n) is 10.5. The molecule has 6 heteroatoms. The molecule has 0 amide bonds. The number of rotatable bonds is 2. The van der Waals surface area contributed by atoms with Gasteiger partial charge in [0.05, 0.1) is 10.2 Å². The largest absolute Gasteiger partial charge is 0.480 e. The van der Waals surface area contributed by atoms with Crippen LogP contribution < -0.4 is 4.90 Å². The first-order valence-electron chi connectivity index (χ1n) is 6.45.